The van der Waals surface area contributed by atoms with E-state index in [1.54, 1.807) is 6.07 Å². The lowest BCUT2D eigenvalue weighted by molar-refractivity contribution is 0.0667. The Balaban J connectivity index is 2.94. The summed E-state index contributed by atoms with van der Waals surface area (Å²) < 4.78 is 5.29. The van der Waals surface area contributed by atoms with Crippen molar-refractivity contribution in [1.29, 1.82) is 0 Å². The Morgan fingerprint density at radius 2 is 1.88 bits per heavy atom. The first-order valence-corrected chi connectivity index (χ1v) is 6.12. The second kappa shape index (κ2) is 6.97. The van der Waals surface area contributed by atoms with Gasteiger partial charge in [0.1, 0.15) is 0 Å². The summed E-state index contributed by atoms with van der Waals surface area (Å²) in [6.07, 6.45) is 0.539. The fourth-order valence-electron chi connectivity index (χ4n) is 1.82. The molecular formula is C13H19ClO3. The predicted molar refractivity (Wildman–Crippen MR) is 68.4 cm³/mol. The highest BCUT2D eigenvalue weighted by atomic mass is 35.5. The van der Waals surface area contributed by atoms with Gasteiger partial charge in [-0.3, -0.25) is 0 Å². The monoisotopic (exact) mass is 258 g/mol. The molecule has 0 aromatic heterocycles. The van der Waals surface area contributed by atoms with Crippen LogP contribution in [-0.4, -0.2) is 36.6 Å². The second-order valence-corrected chi connectivity index (χ2v) is 4.43. The van der Waals surface area contributed by atoms with Crippen LogP contribution in [0, 0.1) is 0 Å². The molecule has 2 N–H and O–H groups in total. The Morgan fingerprint density at radius 1 is 1.24 bits per heavy atom. The zero-order valence-electron chi connectivity index (χ0n) is 10.0. The third kappa shape index (κ3) is 3.42. The molecular weight excluding hydrogens is 240 g/mol. The minimum Gasteiger partial charge on any atom is -0.395 e. The molecule has 0 aliphatic carbocycles. The molecule has 0 fully saturated rings. The molecule has 1 rings (SSSR count). The maximum absolute atomic E-state index is 9.58. The van der Waals surface area contributed by atoms with Gasteiger partial charge in [-0.05, 0) is 25.0 Å². The molecule has 3 nitrogen and oxygen atoms in total. The van der Waals surface area contributed by atoms with Gasteiger partial charge < -0.3 is 14.9 Å². The number of aliphatic hydroxyl groups excluding tert-OH is 2. The van der Waals surface area contributed by atoms with Crippen LogP contribution < -0.4 is 0 Å². The lowest BCUT2D eigenvalue weighted by Gasteiger charge is -2.31. The van der Waals surface area contributed by atoms with E-state index < -0.39 is 5.41 Å². The van der Waals surface area contributed by atoms with Crippen molar-refractivity contribution < 1.29 is 14.9 Å². The van der Waals surface area contributed by atoms with Crippen LogP contribution in [0.5, 0.6) is 0 Å². The van der Waals surface area contributed by atoms with Gasteiger partial charge in [-0.25, -0.2) is 0 Å². The smallest absolute Gasteiger partial charge is 0.0551 e. The van der Waals surface area contributed by atoms with E-state index in [1.807, 2.05) is 25.1 Å². The van der Waals surface area contributed by atoms with Crippen molar-refractivity contribution in [3.63, 3.8) is 0 Å². The average molecular weight is 259 g/mol. The van der Waals surface area contributed by atoms with Crippen LogP contribution in [0.1, 0.15) is 18.9 Å². The summed E-state index contributed by atoms with van der Waals surface area (Å²) >= 11 is 6.12. The maximum atomic E-state index is 9.58. The van der Waals surface area contributed by atoms with E-state index in [-0.39, 0.29) is 13.2 Å². The van der Waals surface area contributed by atoms with Gasteiger partial charge in [0, 0.05) is 23.7 Å². The zero-order chi connectivity index (χ0) is 12.7. The summed E-state index contributed by atoms with van der Waals surface area (Å²) in [6, 6.07) is 7.27. The Hall–Kier alpha value is -0.610. The largest absolute Gasteiger partial charge is 0.395 e. The number of hydrogen-bond donors (Lipinski definition) is 2. The van der Waals surface area contributed by atoms with Crippen molar-refractivity contribution in [2.75, 3.05) is 26.4 Å². The summed E-state index contributed by atoms with van der Waals surface area (Å²) in [7, 11) is 0. The van der Waals surface area contributed by atoms with Crippen molar-refractivity contribution in [2.45, 2.75) is 18.8 Å². The Morgan fingerprint density at radius 3 is 2.41 bits per heavy atom. The SMILES string of the molecule is CCOCCC(CO)(CO)c1ccccc1Cl. The van der Waals surface area contributed by atoms with Crippen LogP contribution in [-0.2, 0) is 10.2 Å². The third-order valence-corrected chi connectivity index (χ3v) is 3.31. The van der Waals surface area contributed by atoms with E-state index in [0.717, 1.165) is 5.56 Å². The van der Waals surface area contributed by atoms with Gasteiger partial charge >= 0.3 is 0 Å². The molecule has 4 heteroatoms. The Bertz CT molecular complexity index is 337. The van der Waals surface area contributed by atoms with Gasteiger partial charge in [0.2, 0.25) is 0 Å². The average Bonchev–Trinajstić information content (AvgIpc) is 2.36. The molecule has 0 aliphatic heterocycles. The molecule has 0 saturated carbocycles. The quantitative estimate of drug-likeness (QED) is 0.736. The minimum atomic E-state index is -0.729. The molecule has 0 heterocycles. The molecule has 17 heavy (non-hydrogen) atoms. The molecule has 0 atom stereocenters. The van der Waals surface area contributed by atoms with E-state index in [0.29, 0.717) is 24.7 Å². The summed E-state index contributed by atoms with van der Waals surface area (Å²) in [5.74, 6) is 0. The number of hydrogen-bond acceptors (Lipinski definition) is 3. The van der Waals surface area contributed by atoms with Gasteiger partial charge in [0.25, 0.3) is 0 Å². The minimum absolute atomic E-state index is 0.152. The third-order valence-electron chi connectivity index (χ3n) is 2.98. The number of halogens is 1. The van der Waals surface area contributed by atoms with Crippen LogP contribution in [0.3, 0.4) is 0 Å². The topological polar surface area (TPSA) is 49.7 Å². The summed E-state index contributed by atoms with van der Waals surface area (Å²) in [5.41, 5.74) is 0.0411. The van der Waals surface area contributed by atoms with Crippen molar-refractivity contribution in [1.82, 2.24) is 0 Å². The van der Waals surface area contributed by atoms with Gasteiger partial charge in [-0.1, -0.05) is 29.8 Å². The fraction of sp³-hybridized carbons (Fsp3) is 0.538. The van der Waals surface area contributed by atoms with Gasteiger partial charge in [-0.2, -0.15) is 0 Å². The molecule has 0 bridgehead atoms. The molecule has 0 aliphatic rings. The first-order chi connectivity index (χ1) is 8.20. The number of rotatable bonds is 7. The van der Waals surface area contributed by atoms with Crippen LogP contribution >= 0.6 is 11.6 Å². The lowest BCUT2D eigenvalue weighted by Crippen LogP contribution is -2.36. The molecule has 1 aromatic carbocycles. The highest BCUT2D eigenvalue weighted by Gasteiger charge is 2.32. The summed E-state index contributed by atoms with van der Waals surface area (Å²) in [6.45, 7) is 2.72. The van der Waals surface area contributed by atoms with Crippen molar-refractivity contribution >= 4 is 11.6 Å². The standard InChI is InChI=1S/C13H19ClO3/c1-2-17-8-7-13(9-15,10-16)11-5-3-4-6-12(11)14/h3-6,15-16H,2,7-10H2,1H3. The normalized spacial score (nSPS) is 11.8. The molecule has 96 valence electrons. The Labute approximate surface area is 107 Å². The van der Waals surface area contributed by atoms with Crippen molar-refractivity contribution in [3.8, 4) is 0 Å². The second-order valence-electron chi connectivity index (χ2n) is 4.02. The summed E-state index contributed by atoms with van der Waals surface area (Å²) in [4.78, 5) is 0. The molecule has 0 amide bonds. The van der Waals surface area contributed by atoms with Gasteiger partial charge in [0.05, 0.1) is 13.2 Å². The van der Waals surface area contributed by atoms with E-state index in [1.165, 1.54) is 0 Å². The van der Waals surface area contributed by atoms with Crippen molar-refractivity contribution in [2.24, 2.45) is 0 Å². The highest BCUT2D eigenvalue weighted by molar-refractivity contribution is 6.31. The molecule has 0 saturated heterocycles. The fourth-order valence-corrected chi connectivity index (χ4v) is 2.15. The first-order valence-electron chi connectivity index (χ1n) is 5.74. The molecule has 1 aromatic rings. The van der Waals surface area contributed by atoms with E-state index in [4.69, 9.17) is 16.3 Å². The van der Waals surface area contributed by atoms with Crippen LogP contribution in [0.4, 0.5) is 0 Å². The van der Waals surface area contributed by atoms with Crippen LogP contribution in [0.2, 0.25) is 5.02 Å². The molecule has 0 spiro atoms. The first kappa shape index (κ1) is 14.5. The van der Waals surface area contributed by atoms with E-state index in [2.05, 4.69) is 0 Å². The predicted octanol–water partition coefficient (Wildman–Crippen LogP) is 1.99. The van der Waals surface area contributed by atoms with Crippen LogP contribution in [0.25, 0.3) is 0 Å². The summed E-state index contributed by atoms with van der Waals surface area (Å²) in [5, 5.41) is 19.7. The Kier molecular flexibility index (Phi) is 5.92. The van der Waals surface area contributed by atoms with Crippen molar-refractivity contribution in [3.05, 3.63) is 34.9 Å². The van der Waals surface area contributed by atoms with Gasteiger partial charge in [0.15, 0.2) is 0 Å². The van der Waals surface area contributed by atoms with E-state index >= 15 is 0 Å². The lowest BCUT2D eigenvalue weighted by atomic mass is 9.79. The molecule has 0 unspecified atom stereocenters. The van der Waals surface area contributed by atoms with E-state index in [9.17, 15) is 10.2 Å². The zero-order valence-corrected chi connectivity index (χ0v) is 10.8. The number of ether oxygens (including phenoxy) is 1. The number of aliphatic hydroxyl groups is 2. The van der Waals surface area contributed by atoms with Crippen LogP contribution in [0.15, 0.2) is 24.3 Å². The highest BCUT2D eigenvalue weighted by Crippen LogP contribution is 2.32. The van der Waals surface area contributed by atoms with Gasteiger partial charge in [-0.15, -0.1) is 0 Å². The number of benzene rings is 1. The molecule has 0 radical (unpaired) electrons. The maximum Gasteiger partial charge on any atom is 0.0551 e.